The third-order valence-electron chi connectivity index (χ3n) is 2.27. The molecule has 0 bridgehead atoms. The lowest BCUT2D eigenvalue weighted by atomic mass is 10.0. The smallest absolute Gasteiger partial charge is 0.0204 e. The summed E-state index contributed by atoms with van der Waals surface area (Å²) in [5.74, 6) is 0. The largest absolute Gasteiger partial charge is 0.0622 e. The highest BCUT2D eigenvalue weighted by Gasteiger charge is 1.98. The van der Waals surface area contributed by atoms with Gasteiger partial charge in [0.25, 0.3) is 0 Å². The summed E-state index contributed by atoms with van der Waals surface area (Å²) >= 11 is 3.50. The number of hydrogen-bond donors (Lipinski definition) is 0. The average Bonchev–Trinajstić information content (AvgIpc) is 2.23. The van der Waals surface area contributed by atoms with Crippen LogP contribution in [0.25, 0.3) is 11.1 Å². The highest BCUT2D eigenvalue weighted by molar-refractivity contribution is 9.10. The van der Waals surface area contributed by atoms with Gasteiger partial charge in [0, 0.05) is 4.47 Å². The lowest BCUT2D eigenvalue weighted by Gasteiger charge is -2.03. The highest BCUT2D eigenvalue weighted by atomic mass is 79.9. The lowest BCUT2D eigenvalue weighted by Crippen LogP contribution is -1.80. The Labute approximate surface area is 92.7 Å². The van der Waals surface area contributed by atoms with E-state index in [4.69, 9.17) is 0 Å². The average molecular weight is 247 g/mol. The van der Waals surface area contributed by atoms with Gasteiger partial charge in [0.15, 0.2) is 0 Å². The first-order chi connectivity index (χ1) is 6.77. The Morgan fingerprint density at radius 3 is 2.21 bits per heavy atom. The van der Waals surface area contributed by atoms with E-state index in [9.17, 15) is 0 Å². The molecule has 0 unspecified atom stereocenters. The maximum absolute atomic E-state index is 3.50. The van der Waals surface area contributed by atoms with E-state index in [1.165, 1.54) is 16.7 Å². The summed E-state index contributed by atoms with van der Waals surface area (Å²) in [4.78, 5) is 0. The second kappa shape index (κ2) is 3.97. The minimum absolute atomic E-state index is 1.16. The Bertz CT molecular complexity index is 432. The Balaban J connectivity index is 2.48. The number of hydrogen-bond acceptors (Lipinski definition) is 0. The van der Waals surface area contributed by atoms with Gasteiger partial charge in [-0.05, 0) is 29.7 Å². The lowest BCUT2D eigenvalue weighted by molar-refractivity contribution is 1.43. The quantitative estimate of drug-likeness (QED) is 0.699. The van der Waals surface area contributed by atoms with Crippen molar-refractivity contribution in [3.05, 3.63) is 58.6 Å². The second-order valence-electron chi connectivity index (χ2n) is 3.33. The highest BCUT2D eigenvalue weighted by Crippen LogP contribution is 2.24. The molecule has 0 radical (unpaired) electrons. The van der Waals surface area contributed by atoms with Gasteiger partial charge >= 0.3 is 0 Å². The van der Waals surface area contributed by atoms with E-state index in [1.54, 1.807) is 0 Å². The van der Waals surface area contributed by atoms with Crippen molar-refractivity contribution in [3.8, 4) is 11.1 Å². The van der Waals surface area contributed by atoms with E-state index in [1.807, 2.05) is 6.07 Å². The van der Waals surface area contributed by atoms with Crippen LogP contribution in [0.5, 0.6) is 0 Å². The van der Waals surface area contributed by atoms with Gasteiger partial charge in [0.2, 0.25) is 0 Å². The van der Waals surface area contributed by atoms with Gasteiger partial charge in [-0.25, -0.2) is 0 Å². The molecule has 0 N–H and O–H groups in total. The Morgan fingerprint density at radius 2 is 1.57 bits per heavy atom. The molecule has 1 heteroatoms. The van der Waals surface area contributed by atoms with Crippen LogP contribution in [0.15, 0.2) is 53.0 Å². The van der Waals surface area contributed by atoms with Crippen LogP contribution in [0.2, 0.25) is 0 Å². The van der Waals surface area contributed by atoms with Gasteiger partial charge in [-0.3, -0.25) is 0 Å². The van der Waals surface area contributed by atoms with Crippen molar-refractivity contribution in [2.75, 3.05) is 0 Å². The van der Waals surface area contributed by atoms with Crippen LogP contribution in [0, 0.1) is 6.92 Å². The van der Waals surface area contributed by atoms with Gasteiger partial charge in [0.05, 0.1) is 0 Å². The summed E-state index contributed by atoms with van der Waals surface area (Å²) in [5.41, 5.74) is 3.81. The van der Waals surface area contributed by atoms with Crippen molar-refractivity contribution in [1.29, 1.82) is 0 Å². The number of rotatable bonds is 1. The zero-order valence-corrected chi connectivity index (χ0v) is 9.58. The Hall–Kier alpha value is -1.08. The summed E-state index contributed by atoms with van der Waals surface area (Å²) in [5, 5.41) is 0. The van der Waals surface area contributed by atoms with Gasteiger partial charge in [-0.15, -0.1) is 0 Å². The van der Waals surface area contributed by atoms with Crippen LogP contribution in [-0.2, 0) is 0 Å². The molecule has 0 aromatic heterocycles. The molecule has 0 saturated carbocycles. The first-order valence-corrected chi connectivity index (χ1v) is 5.38. The maximum Gasteiger partial charge on any atom is 0.0204 e. The number of aryl methyl sites for hydroxylation is 1. The molecular weight excluding hydrogens is 236 g/mol. The molecule has 0 nitrogen and oxygen atoms in total. The molecule has 70 valence electrons. The van der Waals surface area contributed by atoms with Gasteiger partial charge in [-0.2, -0.15) is 0 Å². The minimum atomic E-state index is 1.16. The van der Waals surface area contributed by atoms with E-state index in [0.29, 0.717) is 0 Å². The van der Waals surface area contributed by atoms with Crippen molar-refractivity contribution < 1.29 is 0 Å². The predicted octanol–water partition coefficient (Wildman–Crippen LogP) is 4.42. The van der Waals surface area contributed by atoms with Gasteiger partial charge in [0.1, 0.15) is 0 Å². The van der Waals surface area contributed by atoms with Gasteiger partial charge in [-0.1, -0.05) is 58.4 Å². The summed E-state index contributed by atoms with van der Waals surface area (Å²) in [6.45, 7) is 2.11. The standard InChI is InChI=1S/C13H11Br/c1-10-9-12(7-8-13(10)14)11-5-3-2-4-6-11/h2-9H,1H3. The predicted molar refractivity (Wildman–Crippen MR) is 64.3 cm³/mol. The molecule has 2 rings (SSSR count). The van der Waals surface area contributed by atoms with E-state index in [-0.39, 0.29) is 0 Å². The number of halogens is 1. The van der Waals surface area contributed by atoms with Crippen molar-refractivity contribution in [2.45, 2.75) is 6.92 Å². The topological polar surface area (TPSA) is 0 Å². The molecule has 0 aliphatic rings. The Morgan fingerprint density at radius 1 is 0.857 bits per heavy atom. The number of benzene rings is 2. The normalized spacial score (nSPS) is 10.1. The monoisotopic (exact) mass is 246 g/mol. The molecule has 0 heterocycles. The zero-order valence-electron chi connectivity index (χ0n) is 8.00. The molecule has 0 fully saturated rings. The fourth-order valence-corrected chi connectivity index (χ4v) is 1.70. The van der Waals surface area contributed by atoms with Crippen LogP contribution in [-0.4, -0.2) is 0 Å². The molecule has 2 aromatic carbocycles. The third-order valence-corrected chi connectivity index (χ3v) is 3.15. The van der Waals surface area contributed by atoms with Crippen molar-refractivity contribution in [2.24, 2.45) is 0 Å². The SMILES string of the molecule is Cc1cc(-c2ccccc2)ccc1Br. The van der Waals surface area contributed by atoms with Crippen LogP contribution >= 0.6 is 15.9 Å². The summed E-state index contributed by atoms with van der Waals surface area (Å²) < 4.78 is 1.16. The first-order valence-electron chi connectivity index (χ1n) is 4.59. The summed E-state index contributed by atoms with van der Waals surface area (Å²) in [6, 6.07) is 16.8. The van der Waals surface area contributed by atoms with Crippen LogP contribution in [0.1, 0.15) is 5.56 Å². The van der Waals surface area contributed by atoms with Crippen LogP contribution < -0.4 is 0 Å². The molecule has 0 spiro atoms. The fourth-order valence-electron chi connectivity index (χ4n) is 1.45. The zero-order chi connectivity index (χ0) is 9.97. The summed E-state index contributed by atoms with van der Waals surface area (Å²) in [7, 11) is 0. The van der Waals surface area contributed by atoms with E-state index >= 15 is 0 Å². The van der Waals surface area contributed by atoms with Crippen molar-refractivity contribution in [1.82, 2.24) is 0 Å². The molecule has 0 amide bonds. The molecule has 0 aliphatic carbocycles. The van der Waals surface area contributed by atoms with Crippen LogP contribution in [0.3, 0.4) is 0 Å². The molecule has 0 aliphatic heterocycles. The molecule has 0 atom stereocenters. The van der Waals surface area contributed by atoms with E-state index in [0.717, 1.165) is 4.47 Å². The Kier molecular flexibility index (Phi) is 2.69. The van der Waals surface area contributed by atoms with Crippen LogP contribution in [0.4, 0.5) is 0 Å². The van der Waals surface area contributed by atoms with Gasteiger partial charge < -0.3 is 0 Å². The fraction of sp³-hybridized carbons (Fsp3) is 0.0769. The van der Waals surface area contributed by atoms with Crippen molar-refractivity contribution >= 4 is 15.9 Å². The molecular formula is C13H11Br. The molecule has 0 saturated heterocycles. The first kappa shape index (κ1) is 9.47. The third kappa shape index (κ3) is 1.88. The molecule has 2 aromatic rings. The van der Waals surface area contributed by atoms with E-state index in [2.05, 4.69) is 65.3 Å². The minimum Gasteiger partial charge on any atom is -0.0622 e. The second-order valence-corrected chi connectivity index (χ2v) is 4.18. The van der Waals surface area contributed by atoms with E-state index < -0.39 is 0 Å². The maximum atomic E-state index is 3.50. The summed E-state index contributed by atoms with van der Waals surface area (Å²) in [6.07, 6.45) is 0. The molecule has 14 heavy (non-hydrogen) atoms. The van der Waals surface area contributed by atoms with Crippen molar-refractivity contribution in [3.63, 3.8) is 0 Å².